The zero-order valence-corrected chi connectivity index (χ0v) is 18.6. The predicted molar refractivity (Wildman–Crippen MR) is 125 cm³/mol. The molecule has 0 aromatic heterocycles. The maximum absolute atomic E-state index is 13.0. The van der Waals surface area contributed by atoms with Crippen LogP contribution in [-0.2, 0) is 11.2 Å². The van der Waals surface area contributed by atoms with E-state index in [0.29, 0.717) is 5.91 Å². The van der Waals surface area contributed by atoms with Crippen LogP contribution in [0.15, 0.2) is 42.5 Å². The van der Waals surface area contributed by atoms with E-state index in [0.717, 1.165) is 77.1 Å². The molecule has 0 N–H and O–H groups in total. The number of rotatable bonds is 7. The number of hydrogen-bond donors (Lipinski definition) is 0. The molecule has 1 unspecified atom stereocenters. The Morgan fingerprint density at radius 3 is 2.55 bits per heavy atom. The van der Waals surface area contributed by atoms with Gasteiger partial charge in [0, 0.05) is 38.4 Å². The number of benzene rings is 2. The van der Waals surface area contributed by atoms with Crippen molar-refractivity contribution in [1.29, 1.82) is 0 Å². The minimum atomic E-state index is 0.128. The third-order valence-corrected chi connectivity index (χ3v) is 7.22. The molecule has 0 saturated carbocycles. The molecule has 31 heavy (non-hydrogen) atoms. The number of carbonyl (C=O) groups is 1. The quantitative estimate of drug-likeness (QED) is 0.634. The fourth-order valence-corrected chi connectivity index (χ4v) is 5.59. The topological polar surface area (TPSA) is 36.0 Å². The van der Waals surface area contributed by atoms with Crippen LogP contribution in [0.4, 0.5) is 11.4 Å². The molecule has 0 spiro atoms. The summed E-state index contributed by atoms with van der Waals surface area (Å²) in [4.78, 5) is 20.1. The van der Waals surface area contributed by atoms with Gasteiger partial charge in [0.2, 0.25) is 5.91 Å². The lowest BCUT2D eigenvalue weighted by molar-refractivity contribution is -0.119. The van der Waals surface area contributed by atoms with Gasteiger partial charge < -0.3 is 14.5 Å². The number of para-hydroxylation sites is 2. The van der Waals surface area contributed by atoms with Crippen molar-refractivity contribution in [3.8, 4) is 5.75 Å². The molecule has 1 atom stereocenters. The number of nitrogens with zero attached hydrogens (tertiary/aromatic N) is 3. The average molecular weight is 420 g/mol. The van der Waals surface area contributed by atoms with Crippen LogP contribution in [0.1, 0.15) is 42.7 Å². The molecule has 5 nitrogen and oxygen atoms in total. The van der Waals surface area contributed by atoms with Gasteiger partial charge in [0.1, 0.15) is 5.75 Å². The summed E-state index contributed by atoms with van der Waals surface area (Å²) in [5.41, 5.74) is 5.13. The van der Waals surface area contributed by atoms with Crippen LogP contribution < -0.4 is 14.5 Å². The highest BCUT2D eigenvalue weighted by molar-refractivity contribution is 6.05. The van der Waals surface area contributed by atoms with E-state index >= 15 is 0 Å². The zero-order valence-electron chi connectivity index (χ0n) is 18.6. The van der Waals surface area contributed by atoms with E-state index in [1.165, 1.54) is 22.5 Å². The molecule has 0 bridgehead atoms. The fourth-order valence-electron chi connectivity index (χ4n) is 5.59. The maximum atomic E-state index is 13.0. The van der Waals surface area contributed by atoms with E-state index in [4.69, 9.17) is 4.74 Å². The number of piperazine rings is 1. The lowest BCUT2D eigenvalue weighted by Gasteiger charge is -2.36. The molecule has 0 radical (unpaired) electrons. The minimum Gasteiger partial charge on any atom is -0.495 e. The second-order valence-corrected chi connectivity index (χ2v) is 8.99. The van der Waals surface area contributed by atoms with Crippen LogP contribution in [0, 0.1) is 0 Å². The highest BCUT2D eigenvalue weighted by Crippen LogP contribution is 2.45. The van der Waals surface area contributed by atoms with Crippen molar-refractivity contribution in [3.63, 3.8) is 0 Å². The summed E-state index contributed by atoms with van der Waals surface area (Å²) in [7, 11) is 1.74. The summed E-state index contributed by atoms with van der Waals surface area (Å²) in [6, 6.07) is 14.8. The number of methoxy groups -OCH3 is 1. The summed E-state index contributed by atoms with van der Waals surface area (Å²) in [6.07, 6.45) is 5.49. The SMILES string of the molecule is COc1ccccc1N1CCN(CCCCN2C(=O)C3CCCc4cccc2c43)CC1. The van der Waals surface area contributed by atoms with E-state index in [2.05, 4.69) is 45.0 Å². The molecule has 1 amide bonds. The van der Waals surface area contributed by atoms with E-state index in [9.17, 15) is 4.79 Å². The standard InChI is InChI=1S/C26H33N3O2/c1-31-24-13-3-2-11-22(24)28-18-16-27(17-19-28)14-4-5-15-29-23-12-7-9-20-8-6-10-21(25(20)23)26(29)30/h2-3,7,9,11-13,21H,4-6,8,10,14-19H2,1H3. The van der Waals surface area contributed by atoms with Crippen molar-refractivity contribution in [3.05, 3.63) is 53.6 Å². The third-order valence-electron chi connectivity index (χ3n) is 7.22. The largest absolute Gasteiger partial charge is 0.495 e. The lowest BCUT2D eigenvalue weighted by Crippen LogP contribution is -2.46. The van der Waals surface area contributed by atoms with Crippen molar-refractivity contribution in [2.75, 3.05) is 56.2 Å². The summed E-state index contributed by atoms with van der Waals surface area (Å²) < 4.78 is 5.53. The number of anilines is 2. The van der Waals surface area contributed by atoms with Gasteiger partial charge in [0.15, 0.2) is 0 Å². The van der Waals surface area contributed by atoms with Gasteiger partial charge >= 0.3 is 0 Å². The van der Waals surface area contributed by atoms with Gasteiger partial charge in [-0.1, -0.05) is 24.3 Å². The first-order valence-corrected chi connectivity index (χ1v) is 11.8. The zero-order chi connectivity index (χ0) is 21.2. The van der Waals surface area contributed by atoms with Gasteiger partial charge in [-0.15, -0.1) is 0 Å². The highest BCUT2D eigenvalue weighted by Gasteiger charge is 2.39. The van der Waals surface area contributed by atoms with Gasteiger partial charge in [-0.05, 0) is 68.0 Å². The van der Waals surface area contributed by atoms with Crippen molar-refractivity contribution in [1.82, 2.24) is 4.90 Å². The Hall–Kier alpha value is -2.53. The monoisotopic (exact) mass is 419 g/mol. The van der Waals surface area contributed by atoms with E-state index in [1.54, 1.807) is 7.11 Å². The van der Waals surface area contributed by atoms with Crippen LogP contribution in [-0.4, -0.2) is 57.2 Å². The molecule has 1 fully saturated rings. The van der Waals surface area contributed by atoms with Crippen LogP contribution in [0.25, 0.3) is 0 Å². The Kier molecular flexibility index (Phi) is 5.86. The van der Waals surface area contributed by atoms with Crippen LogP contribution in [0.5, 0.6) is 5.75 Å². The molecule has 2 aliphatic heterocycles. The van der Waals surface area contributed by atoms with Gasteiger partial charge in [0.05, 0.1) is 18.7 Å². The van der Waals surface area contributed by atoms with Crippen molar-refractivity contribution < 1.29 is 9.53 Å². The summed E-state index contributed by atoms with van der Waals surface area (Å²) in [5, 5.41) is 0. The normalized spacial score (nSPS) is 20.8. The molecule has 5 heteroatoms. The van der Waals surface area contributed by atoms with E-state index < -0.39 is 0 Å². The van der Waals surface area contributed by atoms with Crippen molar-refractivity contribution >= 4 is 17.3 Å². The molecular weight excluding hydrogens is 386 g/mol. The number of ether oxygens (including phenoxy) is 1. The molecule has 5 rings (SSSR count). The smallest absolute Gasteiger partial charge is 0.234 e. The number of carbonyl (C=O) groups excluding carboxylic acids is 1. The molecule has 2 aromatic rings. The van der Waals surface area contributed by atoms with Gasteiger partial charge in [0.25, 0.3) is 0 Å². The summed E-state index contributed by atoms with van der Waals surface area (Å²) in [6.45, 7) is 6.18. The maximum Gasteiger partial charge on any atom is 0.234 e. The van der Waals surface area contributed by atoms with Crippen LogP contribution in [0.3, 0.4) is 0 Å². The Morgan fingerprint density at radius 2 is 1.71 bits per heavy atom. The Labute approximate surface area is 185 Å². The Balaban J connectivity index is 1.10. The van der Waals surface area contributed by atoms with Crippen LogP contribution >= 0.6 is 0 Å². The summed E-state index contributed by atoms with van der Waals surface area (Å²) >= 11 is 0. The second kappa shape index (κ2) is 8.91. The Bertz CT molecular complexity index is 936. The van der Waals surface area contributed by atoms with Crippen LogP contribution in [0.2, 0.25) is 0 Å². The van der Waals surface area contributed by atoms with E-state index in [-0.39, 0.29) is 5.92 Å². The first-order valence-electron chi connectivity index (χ1n) is 11.8. The molecule has 3 aliphatic rings. The number of amides is 1. The highest BCUT2D eigenvalue weighted by atomic mass is 16.5. The third kappa shape index (κ3) is 3.91. The number of aryl methyl sites for hydroxylation is 1. The van der Waals surface area contributed by atoms with Crippen molar-refractivity contribution in [2.24, 2.45) is 0 Å². The lowest BCUT2D eigenvalue weighted by atomic mass is 9.84. The van der Waals surface area contributed by atoms with Gasteiger partial charge in [-0.25, -0.2) is 0 Å². The molecule has 164 valence electrons. The Morgan fingerprint density at radius 1 is 0.935 bits per heavy atom. The second-order valence-electron chi connectivity index (χ2n) is 8.99. The first-order chi connectivity index (χ1) is 15.3. The molecule has 1 aliphatic carbocycles. The summed E-state index contributed by atoms with van der Waals surface area (Å²) in [5.74, 6) is 1.42. The molecule has 2 aromatic carbocycles. The average Bonchev–Trinajstić information content (AvgIpc) is 3.10. The first kappa shape index (κ1) is 20.4. The number of unbranched alkanes of at least 4 members (excludes halogenated alkanes) is 1. The molecular formula is C26H33N3O2. The van der Waals surface area contributed by atoms with Gasteiger partial charge in [-0.2, -0.15) is 0 Å². The predicted octanol–water partition coefficient (Wildman–Crippen LogP) is 4.06. The van der Waals surface area contributed by atoms with E-state index in [1.807, 2.05) is 12.1 Å². The molecule has 2 heterocycles. The fraction of sp³-hybridized carbons (Fsp3) is 0.500. The number of hydrogen-bond acceptors (Lipinski definition) is 4. The minimum absolute atomic E-state index is 0.128. The molecule has 1 saturated heterocycles. The van der Waals surface area contributed by atoms with Gasteiger partial charge in [-0.3, -0.25) is 9.69 Å². The van der Waals surface area contributed by atoms with Crippen molar-refractivity contribution in [2.45, 2.75) is 38.0 Å².